The summed E-state index contributed by atoms with van der Waals surface area (Å²) in [6.45, 7) is 5.52. The lowest BCUT2D eigenvalue weighted by molar-refractivity contribution is 0.164. The fourth-order valence-electron chi connectivity index (χ4n) is 4.72. The van der Waals surface area contributed by atoms with Gasteiger partial charge in [0.05, 0.1) is 33.0 Å². The lowest BCUT2D eigenvalue weighted by Gasteiger charge is -2.31. The SMILES string of the molecule is COc1cc(C2CCN(CCO)CC2)cnc1Cn1ncc2nc(N)nc(NCc3cc(C)on3)c21. The Labute approximate surface area is 208 Å². The van der Waals surface area contributed by atoms with Gasteiger partial charge in [-0.1, -0.05) is 5.16 Å². The van der Waals surface area contributed by atoms with E-state index in [9.17, 15) is 5.11 Å². The Hall–Kier alpha value is -3.77. The normalized spacial score (nSPS) is 15.0. The van der Waals surface area contributed by atoms with Crippen LogP contribution in [0.1, 0.15) is 41.5 Å². The number of nitrogen functional groups attached to an aromatic ring is 1. The Bertz CT molecular complexity index is 1330. The molecule has 0 aliphatic carbocycles. The zero-order chi connectivity index (χ0) is 25.1. The molecule has 5 heterocycles. The molecule has 12 heteroatoms. The fourth-order valence-corrected chi connectivity index (χ4v) is 4.72. The van der Waals surface area contributed by atoms with E-state index < -0.39 is 0 Å². The molecule has 0 bridgehead atoms. The van der Waals surface area contributed by atoms with E-state index in [0.717, 1.165) is 55.4 Å². The van der Waals surface area contributed by atoms with E-state index in [1.807, 2.05) is 19.2 Å². The van der Waals surface area contributed by atoms with Crippen molar-refractivity contribution in [1.82, 2.24) is 34.8 Å². The van der Waals surface area contributed by atoms with Crippen LogP contribution in [0.25, 0.3) is 11.0 Å². The summed E-state index contributed by atoms with van der Waals surface area (Å²) < 4.78 is 12.7. The van der Waals surface area contributed by atoms with Gasteiger partial charge in [0.15, 0.2) is 5.82 Å². The zero-order valence-electron chi connectivity index (χ0n) is 20.5. The van der Waals surface area contributed by atoms with Crippen LogP contribution in [0.3, 0.4) is 0 Å². The lowest BCUT2D eigenvalue weighted by atomic mass is 9.90. The molecule has 1 aliphatic rings. The van der Waals surface area contributed by atoms with Gasteiger partial charge in [0.1, 0.15) is 33.9 Å². The topological polar surface area (TPSA) is 153 Å². The predicted octanol–water partition coefficient (Wildman–Crippen LogP) is 1.94. The number of hydrogen-bond donors (Lipinski definition) is 3. The van der Waals surface area contributed by atoms with Crippen LogP contribution in [0.4, 0.5) is 11.8 Å². The number of β-amino-alcohol motifs (C(OH)–C–C–N with tert-alkyl or cyclic N) is 1. The number of nitrogens with zero attached hydrogens (tertiary/aromatic N) is 7. The number of likely N-dealkylation sites (tertiary alicyclic amines) is 1. The quantitative estimate of drug-likeness (QED) is 0.313. The molecular weight excluding hydrogens is 462 g/mol. The number of piperidine rings is 1. The number of fused-ring (bicyclic) bond motifs is 1. The Morgan fingerprint density at radius 3 is 2.78 bits per heavy atom. The number of ether oxygens (including phenoxy) is 1. The van der Waals surface area contributed by atoms with Crippen molar-refractivity contribution in [3.05, 3.63) is 47.2 Å². The highest BCUT2D eigenvalue weighted by molar-refractivity contribution is 5.86. The van der Waals surface area contributed by atoms with Gasteiger partial charge in [0.25, 0.3) is 0 Å². The van der Waals surface area contributed by atoms with Crippen molar-refractivity contribution in [2.45, 2.75) is 38.8 Å². The first-order valence-corrected chi connectivity index (χ1v) is 12.0. The number of aromatic nitrogens is 6. The first-order valence-electron chi connectivity index (χ1n) is 12.0. The third-order valence-corrected chi connectivity index (χ3v) is 6.57. The number of anilines is 2. The monoisotopic (exact) mass is 493 g/mol. The third kappa shape index (κ3) is 5.09. The minimum absolute atomic E-state index is 0.158. The van der Waals surface area contributed by atoms with Crippen LogP contribution in [0.5, 0.6) is 5.75 Å². The van der Waals surface area contributed by atoms with E-state index in [0.29, 0.717) is 35.9 Å². The summed E-state index contributed by atoms with van der Waals surface area (Å²) in [7, 11) is 1.66. The minimum Gasteiger partial charge on any atom is -0.495 e. The molecule has 0 amide bonds. The van der Waals surface area contributed by atoms with Gasteiger partial charge < -0.3 is 30.3 Å². The Kier molecular flexibility index (Phi) is 6.96. The van der Waals surface area contributed by atoms with E-state index in [-0.39, 0.29) is 12.6 Å². The number of hydrogen-bond acceptors (Lipinski definition) is 11. The number of rotatable bonds is 9. The Morgan fingerprint density at radius 2 is 2.06 bits per heavy atom. The van der Waals surface area contributed by atoms with Crippen molar-refractivity contribution >= 4 is 22.8 Å². The minimum atomic E-state index is 0.158. The second-order valence-electron chi connectivity index (χ2n) is 9.01. The van der Waals surface area contributed by atoms with E-state index >= 15 is 0 Å². The molecule has 1 saturated heterocycles. The predicted molar refractivity (Wildman–Crippen MR) is 134 cm³/mol. The van der Waals surface area contributed by atoms with E-state index in [1.165, 1.54) is 5.56 Å². The van der Waals surface area contributed by atoms with Gasteiger partial charge in [-0.25, -0.2) is 4.98 Å². The van der Waals surface area contributed by atoms with Gasteiger partial charge in [0.2, 0.25) is 5.95 Å². The molecule has 0 atom stereocenters. The number of aryl methyl sites for hydroxylation is 1. The summed E-state index contributed by atoms with van der Waals surface area (Å²) in [5.74, 6) is 2.60. The number of aliphatic hydroxyl groups is 1. The number of nitrogens with one attached hydrogen (secondary N) is 1. The molecule has 4 aromatic heterocycles. The summed E-state index contributed by atoms with van der Waals surface area (Å²) in [6, 6.07) is 3.94. The molecular formula is C24H31N9O3. The molecule has 5 rings (SSSR count). The standard InChI is InChI=1S/C24H31N9O3/c1-15-9-18(31-36-15)12-27-23-22-19(29-24(25)30-23)13-28-33(22)14-20-21(35-2)10-17(11-26-20)16-3-5-32(6-4-16)7-8-34/h9-11,13,16,34H,3-8,12,14H2,1-2H3,(H3,25,27,29,30). The molecule has 36 heavy (non-hydrogen) atoms. The molecule has 0 spiro atoms. The number of aliphatic hydroxyl groups excluding tert-OH is 1. The molecule has 0 radical (unpaired) electrons. The first kappa shape index (κ1) is 23.9. The molecule has 4 aromatic rings. The molecule has 4 N–H and O–H groups in total. The van der Waals surface area contributed by atoms with Crippen LogP contribution >= 0.6 is 0 Å². The van der Waals surface area contributed by atoms with Crippen molar-refractivity contribution in [3.63, 3.8) is 0 Å². The highest BCUT2D eigenvalue weighted by Gasteiger charge is 2.22. The summed E-state index contributed by atoms with van der Waals surface area (Å²) in [6.07, 6.45) is 5.68. The smallest absolute Gasteiger partial charge is 0.222 e. The van der Waals surface area contributed by atoms with Crippen molar-refractivity contribution < 1.29 is 14.4 Å². The number of methoxy groups -OCH3 is 1. The van der Waals surface area contributed by atoms with E-state index in [2.05, 4.69) is 36.5 Å². The highest BCUT2D eigenvalue weighted by atomic mass is 16.5. The van der Waals surface area contributed by atoms with Crippen molar-refractivity contribution in [2.24, 2.45) is 0 Å². The van der Waals surface area contributed by atoms with Crippen LogP contribution < -0.4 is 15.8 Å². The summed E-state index contributed by atoms with van der Waals surface area (Å²) >= 11 is 0. The van der Waals surface area contributed by atoms with Gasteiger partial charge >= 0.3 is 0 Å². The van der Waals surface area contributed by atoms with E-state index in [1.54, 1.807) is 18.0 Å². The van der Waals surface area contributed by atoms with Gasteiger partial charge in [-0.2, -0.15) is 10.1 Å². The van der Waals surface area contributed by atoms with Crippen LogP contribution in [-0.2, 0) is 13.1 Å². The van der Waals surface area contributed by atoms with Crippen molar-refractivity contribution in [2.75, 3.05) is 44.4 Å². The van der Waals surface area contributed by atoms with Crippen LogP contribution in [0.15, 0.2) is 29.0 Å². The van der Waals surface area contributed by atoms with Crippen LogP contribution in [0.2, 0.25) is 0 Å². The number of pyridine rings is 1. The van der Waals surface area contributed by atoms with Crippen molar-refractivity contribution in [1.29, 1.82) is 0 Å². The van der Waals surface area contributed by atoms with E-state index in [4.69, 9.17) is 20.0 Å². The summed E-state index contributed by atoms with van der Waals surface area (Å²) in [5.41, 5.74) is 9.97. The average Bonchev–Trinajstić information content (AvgIpc) is 3.49. The molecule has 190 valence electrons. The highest BCUT2D eigenvalue weighted by Crippen LogP contribution is 2.31. The fraction of sp³-hybridized carbons (Fsp3) is 0.458. The third-order valence-electron chi connectivity index (χ3n) is 6.57. The van der Waals surface area contributed by atoms with Crippen molar-refractivity contribution in [3.8, 4) is 5.75 Å². The van der Waals surface area contributed by atoms with Gasteiger partial charge in [-0.05, 0) is 50.4 Å². The second-order valence-corrected chi connectivity index (χ2v) is 9.01. The summed E-state index contributed by atoms with van der Waals surface area (Å²) in [4.78, 5) is 15.8. The molecule has 0 unspecified atom stereocenters. The van der Waals surface area contributed by atoms with Gasteiger partial charge in [-0.15, -0.1) is 0 Å². The zero-order valence-corrected chi connectivity index (χ0v) is 20.5. The first-order chi connectivity index (χ1) is 17.5. The summed E-state index contributed by atoms with van der Waals surface area (Å²) in [5, 5.41) is 21.0. The lowest BCUT2D eigenvalue weighted by Crippen LogP contribution is -2.35. The maximum Gasteiger partial charge on any atom is 0.222 e. The van der Waals surface area contributed by atoms with Crippen LogP contribution in [-0.4, -0.2) is 73.2 Å². The maximum atomic E-state index is 9.19. The maximum absolute atomic E-state index is 9.19. The number of nitrogens with two attached hydrogens (primary N) is 1. The molecule has 1 fully saturated rings. The van der Waals surface area contributed by atoms with Crippen LogP contribution in [0, 0.1) is 6.92 Å². The molecule has 12 nitrogen and oxygen atoms in total. The molecule has 0 aromatic carbocycles. The second kappa shape index (κ2) is 10.5. The Balaban J connectivity index is 1.37. The largest absolute Gasteiger partial charge is 0.495 e. The molecule has 0 saturated carbocycles. The Morgan fingerprint density at radius 1 is 1.22 bits per heavy atom. The van der Waals surface area contributed by atoms with Gasteiger partial charge in [-0.3, -0.25) is 9.67 Å². The average molecular weight is 494 g/mol. The van der Waals surface area contributed by atoms with Gasteiger partial charge in [0, 0.05) is 18.8 Å². The molecule has 1 aliphatic heterocycles.